The molecule has 0 saturated heterocycles. The third kappa shape index (κ3) is 2.54. The Hall–Kier alpha value is -2.50. The molecule has 0 aliphatic rings. The van der Waals surface area contributed by atoms with E-state index in [2.05, 4.69) is 10.1 Å². The Labute approximate surface area is 95.8 Å². The summed E-state index contributed by atoms with van der Waals surface area (Å²) in [7, 11) is 0. The summed E-state index contributed by atoms with van der Waals surface area (Å²) >= 11 is 0. The van der Waals surface area contributed by atoms with E-state index in [9.17, 15) is 9.18 Å². The van der Waals surface area contributed by atoms with E-state index in [4.69, 9.17) is 5.11 Å². The smallest absolute Gasteiger partial charge is 0.328 e. The largest absolute Gasteiger partial charge is 0.478 e. The second-order valence-corrected chi connectivity index (χ2v) is 3.22. The molecule has 0 unspecified atom stereocenters. The predicted molar refractivity (Wildman–Crippen MR) is 58.0 cm³/mol. The SMILES string of the molecule is O=C(O)/C=C/c1ccc(-n2cncn2)c(F)c1. The van der Waals surface area contributed by atoms with Crippen molar-refractivity contribution in [1.82, 2.24) is 14.8 Å². The van der Waals surface area contributed by atoms with Gasteiger partial charge in [0, 0.05) is 6.08 Å². The van der Waals surface area contributed by atoms with E-state index in [0.717, 1.165) is 6.08 Å². The Morgan fingerprint density at radius 3 is 2.88 bits per heavy atom. The van der Waals surface area contributed by atoms with Crippen molar-refractivity contribution in [2.75, 3.05) is 0 Å². The topological polar surface area (TPSA) is 68.0 Å². The molecule has 0 amide bonds. The number of hydrogen-bond donors (Lipinski definition) is 1. The maximum absolute atomic E-state index is 13.7. The third-order valence-corrected chi connectivity index (χ3v) is 2.06. The van der Waals surface area contributed by atoms with E-state index in [-0.39, 0.29) is 5.69 Å². The summed E-state index contributed by atoms with van der Waals surface area (Å²) < 4.78 is 15.0. The minimum atomic E-state index is -1.08. The molecule has 1 heterocycles. The molecule has 2 rings (SSSR count). The van der Waals surface area contributed by atoms with Crippen LogP contribution < -0.4 is 0 Å². The highest BCUT2D eigenvalue weighted by Gasteiger charge is 2.05. The zero-order valence-corrected chi connectivity index (χ0v) is 8.62. The van der Waals surface area contributed by atoms with Crippen molar-refractivity contribution in [3.05, 3.63) is 48.3 Å². The fourth-order valence-corrected chi connectivity index (χ4v) is 1.31. The average Bonchev–Trinajstić information content (AvgIpc) is 2.79. The van der Waals surface area contributed by atoms with Gasteiger partial charge in [-0.25, -0.2) is 18.9 Å². The number of carboxylic acids is 1. The van der Waals surface area contributed by atoms with Crippen LogP contribution in [0.25, 0.3) is 11.8 Å². The predicted octanol–water partition coefficient (Wildman–Crippen LogP) is 1.50. The van der Waals surface area contributed by atoms with Gasteiger partial charge in [-0.2, -0.15) is 5.10 Å². The van der Waals surface area contributed by atoms with E-state index in [1.54, 1.807) is 6.07 Å². The molecule has 86 valence electrons. The molecule has 0 radical (unpaired) electrons. The molecule has 1 N–H and O–H groups in total. The fourth-order valence-electron chi connectivity index (χ4n) is 1.31. The molecule has 0 atom stereocenters. The number of nitrogens with zero attached hydrogens (tertiary/aromatic N) is 3. The van der Waals surface area contributed by atoms with Crippen LogP contribution in [0.15, 0.2) is 36.9 Å². The number of benzene rings is 1. The monoisotopic (exact) mass is 233 g/mol. The number of halogens is 1. The van der Waals surface area contributed by atoms with E-state index < -0.39 is 11.8 Å². The molecule has 0 fully saturated rings. The summed E-state index contributed by atoms with van der Waals surface area (Å²) in [6.07, 6.45) is 4.95. The van der Waals surface area contributed by atoms with Crippen LogP contribution >= 0.6 is 0 Å². The first-order valence-corrected chi connectivity index (χ1v) is 4.72. The summed E-state index contributed by atoms with van der Waals surface area (Å²) in [5.41, 5.74) is 0.726. The Kier molecular flexibility index (Phi) is 2.95. The van der Waals surface area contributed by atoms with Gasteiger partial charge in [0.05, 0.1) is 0 Å². The van der Waals surface area contributed by atoms with Gasteiger partial charge in [0.25, 0.3) is 0 Å². The van der Waals surface area contributed by atoms with E-state index in [1.807, 2.05) is 0 Å². The first-order valence-electron chi connectivity index (χ1n) is 4.72. The molecule has 0 aliphatic carbocycles. The van der Waals surface area contributed by atoms with Crippen molar-refractivity contribution in [1.29, 1.82) is 0 Å². The third-order valence-electron chi connectivity index (χ3n) is 2.06. The Morgan fingerprint density at radius 2 is 2.29 bits per heavy atom. The van der Waals surface area contributed by atoms with Gasteiger partial charge in [0.1, 0.15) is 24.2 Å². The molecule has 1 aromatic carbocycles. The summed E-state index contributed by atoms with van der Waals surface area (Å²) in [4.78, 5) is 14.0. The molecule has 0 aliphatic heterocycles. The highest BCUT2D eigenvalue weighted by atomic mass is 19.1. The van der Waals surface area contributed by atoms with E-state index in [0.29, 0.717) is 5.56 Å². The Morgan fingerprint density at radius 1 is 1.47 bits per heavy atom. The van der Waals surface area contributed by atoms with Gasteiger partial charge in [-0.15, -0.1) is 0 Å². The van der Waals surface area contributed by atoms with Gasteiger partial charge in [0.2, 0.25) is 0 Å². The number of aliphatic carboxylic acids is 1. The quantitative estimate of drug-likeness (QED) is 0.816. The summed E-state index contributed by atoms with van der Waals surface area (Å²) in [5.74, 6) is -1.58. The van der Waals surface area contributed by atoms with Gasteiger partial charge in [-0.05, 0) is 23.8 Å². The van der Waals surface area contributed by atoms with E-state index >= 15 is 0 Å². The van der Waals surface area contributed by atoms with Crippen molar-refractivity contribution in [3.8, 4) is 5.69 Å². The molecule has 0 saturated carbocycles. The van der Waals surface area contributed by atoms with Gasteiger partial charge >= 0.3 is 5.97 Å². The molecular weight excluding hydrogens is 225 g/mol. The van der Waals surface area contributed by atoms with Gasteiger partial charge < -0.3 is 5.11 Å². The van der Waals surface area contributed by atoms with Crippen LogP contribution in [0, 0.1) is 5.82 Å². The maximum Gasteiger partial charge on any atom is 0.328 e. The van der Waals surface area contributed by atoms with Gasteiger partial charge in [-0.3, -0.25) is 0 Å². The fraction of sp³-hybridized carbons (Fsp3) is 0. The van der Waals surface area contributed by atoms with Crippen LogP contribution in [0.1, 0.15) is 5.56 Å². The van der Waals surface area contributed by atoms with Crippen molar-refractivity contribution in [2.45, 2.75) is 0 Å². The standard InChI is InChI=1S/C11H8FN3O2/c12-9-5-8(2-4-11(16)17)1-3-10(9)15-7-13-6-14-15/h1-7H,(H,16,17)/b4-2+. The van der Waals surface area contributed by atoms with E-state index in [1.165, 1.54) is 35.5 Å². The Balaban J connectivity index is 2.32. The molecule has 1 aromatic heterocycles. The van der Waals surface area contributed by atoms with Crippen molar-refractivity contribution < 1.29 is 14.3 Å². The summed E-state index contributed by atoms with van der Waals surface area (Å²) in [5, 5.41) is 12.3. The second-order valence-electron chi connectivity index (χ2n) is 3.22. The zero-order valence-electron chi connectivity index (χ0n) is 8.62. The van der Waals surface area contributed by atoms with Crippen LogP contribution in [0.5, 0.6) is 0 Å². The van der Waals surface area contributed by atoms with Crippen molar-refractivity contribution in [3.63, 3.8) is 0 Å². The molecule has 2 aromatic rings. The molecule has 0 bridgehead atoms. The second kappa shape index (κ2) is 4.56. The van der Waals surface area contributed by atoms with Crippen LogP contribution in [0.3, 0.4) is 0 Å². The number of aromatic nitrogens is 3. The highest BCUT2D eigenvalue weighted by molar-refractivity contribution is 5.85. The van der Waals surface area contributed by atoms with Gasteiger partial charge in [0.15, 0.2) is 0 Å². The number of carbonyl (C=O) groups is 1. The van der Waals surface area contributed by atoms with Gasteiger partial charge in [-0.1, -0.05) is 6.07 Å². The average molecular weight is 233 g/mol. The maximum atomic E-state index is 13.7. The summed E-state index contributed by atoms with van der Waals surface area (Å²) in [6.45, 7) is 0. The first-order chi connectivity index (χ1) is 8.16. The highest BCUT2D eigenvalue weighted by Crippen LogP contribution is 2.14. The minimum absolute atomic E-state index is 0.259. The van der Waals surface area contributed by atoms with Crippen molar-refractivity contribution >= 4 is 12.0 Å². The lowest BCUT2D eigenvalue weighted by Crippen LogP contribution is -1.98. The molecule has 0 spiro atoms. The Bertz CT molecular complexity index is 564. The van der Waals surface area contributed by atoms with Crippen molar-refractivity contribution in [2.24, 2.45) is 0 Å². The lowest BCUT2D eigenvalue weighted by Gasteiger charge is -2.02. The summed E-state index contributed by atoms with van der Waals surface area (Å²) in [6, 6.07) is 4.33. The molecule has 6 heteroatoms. The first kappa shape index (κ1) is 11.0. The molecule has 17 heavy (non-hydrogen) atoms. The normalized spacial score (nSPS) is 10.9. The number of rotatable bonds is 3. The molecule has 5 nitrogen and oxygen atoms in total. The molecular formula is C11H8FN3O2. The lowest BCUT2D eigenvalue weighted by atomic mass is 10.2. The number of hydrogen-bond acceptors (Lipinski definition) is 3. The lowest BCUT2D eigenvalue weighted by molar-refractivity contribution is -0.131. The van der Waals surface area contributed by atoms with Crippen LogP contribution in [-0.4, -0.2) is 25.8 Å². The van der Waals surface area contributed by atoms with Crippen LogP contribution in [-0.2, 0) is 4.79 Å². The number of carboxylic acid groups (broad SMARTS) is 1. The zero-order chi connectivity index (χ0) is 12.3. The minimum Gasteiger partial charge on any atom is -0.478 e. The van der Waals surface area contributed by atoms with Crippen LogP contribution in [0.2, 0.25) is 0 Å². The van der Waals surface area contributed by atoms with Crippen LogP contribution in [0.4, 0.5) is 4.39 Å².